The van der Waals surface area contributed by atoms with E-state index in [0.717, 1.165) is 11.8 Å². The van der Waals surface area contributed by atoms with Crippen LogP contribution < -0.4 is 5.73 Å². The Hall–Kier alpha value is -0.300. The van der Waals surface area contributed by atoms with Gasteiger partial charge in [-0.05, 0) is 44.4 Å². The highest BCUT2D eigenvalue weighted by Crippen LogP contribution is 2.35. The van der Waals surface area contributed by atoms with Crippen LogP contribution in [-0.2, 0) is 0 Å². The third kappa shape index (κ3) is 3.15. The molecule has 3 atom stereocenters. The molecular formula is C12H23N. The molecule has 0 aromatic rings. The zero-order chi connectivity index (χ0) is 9.84. The topological polar surface area (TPSA) is 26.0 Å². The Morgan fingerprint density at radius 2 is 2.08 bits per heavy atom. The lowest BCUT2D eigenvalue weighted by atomic mass is 9.73. The predicted octanol–water partition coefficient (Wildman–Crippen LogP) is 3.11. The smallest absolute Gasteiger partial charge is 0.00417 e. The van der Waals surface area contributed by atoms with Crippen molar-refractivity contribution >= 4 is 0 Å². The summed E-state index contributed by atoms with van der Waals surface area (Å²) in [6.07, 6.45) is 6.27. The minimum atomic E-state index is 0.451. The summed E-state index contributed by atoms with van der Waals surface area (Å²) >= 11 is 0. The molecule has 1 saturated carbocycles. The molecule has 13 heavy (non-hydrogen) atoms. The SMILES string of the molecule is C=C(C)CC1CC(N)CCC1CC. The second-order valence-electron chi connectivity index (χ2n) is 4.66. The second-order valence-corrected chi connectivity index (χ2v) is 4.66. The Labute approximate surface area is 82.4 Å². The Morgan fingerprint density at radius 1 is 1.38 bits per heavy atom. The molecule has 0 amide bonds. The molecule has 0 aromatic carbocycles. The largest absolute Gasteiger partial charge is 0.328 e. The van der Waals surface area contributed by atoms with Crippen LogP contribution in [0.25, 0.3) is 0 Å². The van der Waals surface area contributed by atoms with E-state index in [9.17, 15) is 0 Å². The average Bonchev–Trinajstić information content (AvgIpc) is 2.03. The molecule has 0 aromatic heterocycles. The molecule has 1 aliphatic rings. The molecule has 3 unspecified atom stereocenters. The monoisotopic (exact) mass is 181 g/mol. The van der Waals surface area contributed by atoms with Gasteiger partial charge in [-0.1, -0.05) is 18.9 Å². The fourth-order valence-electron chi connectivity index (χ4n) is 2.60. The number of allylic oxidation sites excluding steroid dienone is 1. The molecule has 1 fully saturated rings. The normalized spacial score (nSPS) is 34.5. The highest BCUT2D eigenvalue weighted by molar-refractivity contribution is 4.94. The summed E-state index contributed by atoms with van der Waals surface area (Å²) in [5.74, 6) is 1.71. The van der Waals surface area contributed by atoms with E-state index >= 15 is 0 Å². The van der Waals surface area contributed by atoms with Crippen molar-refractivity contribution in [1.82, 2.24) is 0 Å². The van der Waals surface area contributed by atoms with Gasteiger partial charge < -0.3 is 5.73 Å². The van der Waals surface area contributed by atoms with Crippen LogP contribution in [0.2, 0.25) is 0 Å². The zero-order valence-corrected chi connectivity index (χ0v) is 9.05. The van der Waals surface area contributed by atoms with Crippen molar-refractivity contribution < 1.29 is 0 Å². The van der Waals surface area contributed by atoms with Crippen molar-refractivity contribution in [3.63, 3.8) is 0 Å². The maximum absolute atomic E-state index is 5.99. The highest BCUT2D eigenvalue weighted by Gasteiger charge is 2.27. The van der Waals surface area contributed by atoms with Gasteiger partial charge in [-0.25, -0.2) is 0 Å². The minimum Gasteiger partial charge on any atom is -0.328 e. The lowest BCUT2D eigenvalue weighted by molar-refractivity contribution is 0.209. The summed E-state index contributed by atoms with van der Waals surface area (Å²) in [7, 11) is 0. The van der Waals surface area contributed by atoms with Crippen LogP contribution in [0.1, 0.15) is 46.0 Å². The quantitative estimate of drug-likeness (QED) is 0.665. The Balaban J connectivity index is 2.49. The van der Waals surface area contributed by atoms with Crippen LogP contribution in [0, 0.1) is 11.8 Å². The first-order chi connectivity index (χ1) is 6.13. The highest BCUT2D eigenvalue weighted by atomic mass is 14.6. The Morgan fingerprint density at radius 3 is 2.62 bits per heavy atom. The molecule has 0 heterocycles. The summed E-state index contributed by atoms with van der Waals surface area (Å²) < 4.78 is 0. The van der Waals surface area contributed by atoms with Gasteiger partial charge in [0, 0.05) is 6.04 Å². The zero-order valence-electron chi connectivity index (χ0n) is 9.05. The fourth-order valence-corrected chi connectivity index (χ4v) is 2.60. The molecule has 1 rings (SSSR count). The van der Waals surface area contributed by atoms with E-state index in [1.165, 1.54) is 37.7 Å². The Bertz CT molecular complexity index is 174. The number of nitrogens with two attached hydrogens (primary N) is 1. The summed E-state index contributed by atoms with van der Waals surface area (Å²) in [6, 6.07) is 0.451. The van der Waals surface area contributed by atoms with E-state index in [0.29, 0.717) is 6.04 Å². The first-order valence-corrected chi connectivity index (χ1v) is 5.53. The number of hydrogen-bond acceptors (Lipinski definition) is 1. The van der Waals surface area contributed by atoms with Gasteiger partial charge in [0.2, 0.25) is 0 Å². The van der Waals surface area contributed by atoms with Crippen molar-refractivity contribution in [2.75, 3.05) is 0 Å². The number of rotatable bonds is 3. The molecule has 76 valence electrons. The fraction of sp³-hybridized carbons (Fsp3) is 0.833. The van der Waals surface area contributed by atoms with Gasteiger partial charge in [0.05, 0.1) is 0 Å². The molecule has 1 nitrogen and oxygen atoms in total. The molecule has 0 saturated heterocycles. The standard InChI is InChI=1S/C12H23N/c1-4-10-5-6-12(13)8-11(10)7-9(2)3/h10-12H,2,4-8,13H2,1,3H3. The van der Waals surface area contributed by atoms with Gasteiger partial charge >= 0.3 is 0 Å². The van der Waals surface area contributed by atoms with Crippen molar-refractivity contribution in [2.45, 2.75) is 52.0 Å². The Kier molecular flexibility index (Phi) is 3.98. The average molecular weight is 181 g/mol. The molecule has 1 heteroatoms. The van der Waals surface area contributed by atoms with Gasteiger partial charge in [-0.2, -0.15) is 0 Å². The van der Waals surface area contributed by atoms with E-state index in [-0.39, 0.29) is 0 Å². The molecule has 0 bridgehead atoms. The summed E-state index contributed by atoms with van der Waals surface area (Å²) in [6.45, 7) is 8.43. The summed E-state index contributed by atoms with van der Waals surface area (Å²) in [5, 5.41) is 0. The minimum absolute atomic E-state index is 0.451. The van der Waals surface area contributed by atoms with Gasteiger partial charge in [0.1, 0.15) is 0 Å². The molecule has 1 aliphatic carbocycles. The lowest BCUT2D eigenvalue weighted by Gasteiger charge is -2.34. The lowest BCUT2D eigenvalue weighted by Crippen LogP contribution is -2.33. The van der Waals surface area contributed by atoms with Crippen LogP contribution >= 0.6 is 0 Å². The molecule has 0 aliphatic heterocycles. The second kappa shape index (κ2) is 4.80. The van der Waals surface area contributed by atoms with Gasteiger partial charge in [-0.15, -0.1) is 6.58 Å². The van der Waals surface area contributed by atoms with Gasteiger partial charge in [0.25, 0.3) is 0 Å². The van der Waals surface area contributed by atoms with Crippen molar-refractivity contribution in [1.29, 1.82) is 0 Å². The molecule has 0 radical (unpaired) electrons. The predicted molar refractivity (Wildman–Crippen MR) is 58.5 cm³/mol. The summed E-state index contributed by atoms with van der Waals surface area (Å²) in [5.41, 5.74) is 7.31. The molecular weight excluding hydrogens is 158 g/mol. The van der Waals surface area contributed by atoms with Crippen molar-refractivity contribution in [2.24, 2.45) is 17.6 Å². The van der Waals surface area contributed by atoms with E-state index in [2.05, 4.69) is 20.4 Å². The van der Waals surface area contributed by atoms with E-state index in [4.69, 9.17) is 5.73 Å². The third-order valence-electron chi connectivity index (χ3n) is 3.32. The van der Waals surface area contributed by atoms with Crippen LogP contribution in [0.4, 0.5) is 0 Å². The van der Waals surface area contributed by atoms with E-state index in [1.807, 2.05) is 0 Å². The number of hydrogen-bond donors (Lipinski definition) is 1. The van der Waals surface area contributed by atoms with Crippen LogP contribution in [0.3, 0.4) is 0 Å². The maximum atomic E-state index is 5.99. The molecule has 2 N–H and O–H groups in total. The van der Waals surface area contributed by atoms with Gasteiger partial charge in [-0.3, -0.25) is 0 Å². The third-order valence-corrected chi connectivity index (χ3v) is 3.32. The van der Waals surface area contributed by atoms with Crippen molar-refractivity contribution in [3.8, 4) is 0 Å². The van der Waals surface area contributed by atoms with Crippen LogP contribution in [0.15, 0.2) is 12.2 Å². The first-order valence-electron chi connectivity index (χ1n) is 5.53. The van der Waals surface area contributed by atoms with Crippen LogP contribution in [-0.4, -0.2) is 6.04 Å². The van der Waals surface area contributed by atoms with E-state index < -0.39 is 0 Å². The maximum Gasteiger partial charge on any atom is 0.00417 e. The first kappa shape index (κ1) is 10.8. The molecule has 0 spiro atoms. The van der Waals surface area contributed by atoms with Gasteiger partial charge in [0.15, 0.2) is 0 Å². The van der Waals surface area contributed by atoms with E-state index in [1.54, 1.807) is 0 Å². The van der Waals surface area contributed by atoms with Crippen molar-refractivity contribution in [3.05, 3.63) is 12.2 Å². The van der Waals surface area contributed by atoms with Crippen LogP contribution in [0.5, 0.6) is 0 Å². The summed E-state index contributed by atoms with van der Waals surface area (Å²) in [4.78, 5) is 0.